The summed E-state index contributed by atoms with van der Waals surface area (Å²) in [6, 6.07) is 20.2. The van der Waals surface area contributed by atoms with E-state index < -0.39 is 7.75 Å². The Kier molecular flexibility index (Phi) is 6.69. The smallest absolute Gasteiger partial charge is 0.308 e. The van der Waals surface area contributed by atoms with Crippen LogP contribution in [0.3, 0.4) is 0 Å². The molecule has 2 N–H and O–H groups in total. The SMILES string of the molecule is CCOP(=O)(N[C@H]1CCCC[C@@H]1NCc1ccc2ccc3cccc4ccc1c2c34)OCC. The molecule has 0 aromatic heterocycles. The maximum atomic E-state index is 13.1. The predicted octanol–water partition coefficient (Wildman–Crippen LogP) is 6.76. The Morgan fingerprint density at radius 2 is 1.42 bits per heavy atom. The summed E-state index contributed by atoms with van der Waals surface area (Å²) in [5, 5.41) is 14.9. The van der Waals surface area contributed by atoms with Crippen molar-refractivity contribution in [3.63, 3.8) is 0 Å². The Balaban J connectivity index is 1.40. The first-order valence-corrected chi connectivity index (χ1v) is 13.7. The molecule has 33 heavy (non-hydrogen) atoms. The van der Waals surface area contributed by atoms with Crippen molar-refractivity contribution in [1.82, 2.24) is 10.4 Å². The van der Waals surface area contributed by atoms with Gasteiger partial charge in [0.1, 0.15) is 0 Å². The quantitative estimate of drug-likeness (QED) is 0.212. The first-order chi connectivity index (χ1) is 16.1. The summed E-state index contributed by atoms with van der Waals surface area (Å²) in [5.74, 6) is 0. The molecular weight excluding hydrogens is 431 g/mol. The van der Waals surface area contributed by atoms with Crippen LogP contribution in [0.5, 0.6) is 0 Å². The summed E-state index contributed by atoms with van der Waals surface area (Å²) >= 11 is 0. The standard InChI is InChI=1S/C27H33N2O3P/c1-3-31-33(30,32-4-2)29-25-11-6-5-10-24(25)28-18-22-15-14-21-13-12-19-8-7-9-20-16-17-23(22)27(21)26(19)20/h7-9,12-17,24-25,28H,3-6,10-11,18H2,1-2H3,(H,29,30)/t24-,25-/m0/s1. The molecule has 1 fully saturated rings. The molecule has 174 valence electrons. The molecule has 0 aliphatic heterocycles. The van der Waals surface area contributed by atoms with Crippen molar-refractivity contribution in [3.05, 3.63) is 60.2 Å². The molecule has 2 atom stereocenters. The minimum absolute atomic E-state index is 0.0578. The van der Waals surface area contributed by atoms with Crippen molar-refractivity contribution in [1.29, 1.82) is 0 Å². The average Bonchev–Trinajstić information content (AvgIpc) is 2.82. The summed E-state index contributed by atoms with van der Waals surface area (Å²) < 4.78 is 24.1. The summed E-state index contributed by atoms with van der Waals surface area (Å²) in [5.41, 5.74) is 1.29. The van der Waals surface area contributed by atoms with Crippen LogP contribution in [0, 0.1) is 0 Å². The lowest BCUT2D eigenvalue weighted by atomic mass is 9.90. The average molecular weight is 465 g/mol. The van der Waals surface area contributed by atoms with Gasteiger partial charge in [0.05, 0.1) is 13.2 Å². The first kappa shape index (κ1) is 22.8. The van der Waals surface area contributed by atoms with Crippen LogP contribution < -0.4 is 10.4 Å². The van der Waals surface area contributed by atoms with Crippen molar-refractivity contribution in [3.8, 4) is 0 Å². The van der Waals surface area contributed by atoms with Crippen LogP contribution in [0.25, 0.3) is 32.3 Å². The van der Waals surface area contributed by atoms with Crippen LogP contribution >= 0.6 is 7.75 Å². The highest BCUT2D eigenvalue weighted by molar-refractivity contribution is 7.51. The van der Waals surface area contributed by atoms with Gasteiger partial charge >= 0.3 is 7.75 Å². The highest BCUT2D eigenvalue weighted by Crippen LogP contribution is 2.45. The van der Waals surface area contributed by atoms with E-state index in [-0.39, 0.29) is 12.1 Å². The Hall–Kier alpha value is -2.01. The van der Waals surface area contributed by atoms with E-state index >= 15 is 0 Å². The zero-order valence-corrected chi connectivity index (χ0v) is 20.4. The summed E-state index contributed by atoms with van der Waals surface area (Å²) in [6.07, 6.45) is 4.29. The van der Waals surface area contributed by atoms with Gasteiger partial charge in [0, 0.05) is 18.6 Å². The molecule has 1 aliphatic carbocycles. The van der Waals surface area contributed by atoms with Crippen molar-refractivity contribution >= 4 is 40.1 Å². The molecule has 1 aliphatic rings. The molecule has 5 rings (SSSR count). The van der Waals surface area contributed by atoms with Crippen LogP contribution in [0.15, 0.2) is 54.6 Å². The van der Waals surface area contributed by atoms with Crippen LogP contribution in [0.4, 0.5) is 0 Å². The van der Waals surface area contributed by atoms with Gasteiger partial charge < -0.3 is 5.32 Å². The van der Waals surface area contributed by atoms with Gasteiger partial charge in [-0.2, -0.15) is 0 Å². The lowest BCUT2D eigenvalue weighted by Gasteiger charge is -2.35. The third-order valence-corrected chi connectivity index (χ3v) is 8.71. The molecule has 1 saturated carbocycles. The van der Waals surface area contributed by atoms with Crippen LogP contribution in [-0.2, 0) is 20.2 Å². The fourth-order valence-electron chi connectivity index (χ4n) is 5.38. The Bertz CT molecular complexity index is 1260. The fraction of sp³-hybridized carbons (Fsp3) is 0.407. The van der Waals surface area contributed by atoms with Gasteiger partial charge in [-0.3, -0.25) is 9.05 Å². The summed E-state index contributed by atoms with van der Waals surface area (Å²) in [7, 11) is -3.29. The Labute approximate surface area is 195 Å². The predicted molar refractivity (Wildman–Crippen MR) is 137 cm³/mol. The van der Waals surface area contributed by atoms with Crippen molar-refractivity contribution in [2.24, 2.45) is 0 Å². The maximum absolute atomic E-state index is 13.1. The van der Waals surface area contributed by atoms with Gasteiger partial charge in [0.2, 0.25) is 0 Å². The highest BCUT2D eigenvalue weighted by atomic mass is 31.2. The number of rotatable bonds is 9. The summed E-state index contributed by atoms with van der Waals surface area (Å²) in [6.45, 7) is 5.18. The van der Waals surface area contributed by atoms with E-state index in [4.69, 9.17) is 9.05 Å². The second kappa shape index (κ2) is 9.69. The van der Waals surface area contributed by atoms with E-state index in [1.807, 2.05) is 13.8 Å². The minimum Gasteiger partial charge on any atom is -0.308 e. The zero-order valence-electron chi connectivity index (χ0n) is 19.5. The maximum Gasteiger partial charge on any atom is 0.405 e. The Morgan fingerprint density at radius 3 is 2.12 bits per heavy atom. The van der Waals surface area contributed by atoms with E-state index in [9.17, 15) is 4.57 Å². The molecular formula is C27H33N2O3P. The molecule has 0 heterocycles. The molecule has 0 unspecified atom stereocenters. The van der Waals surface area contributed by atoms with Crippen molar-refractivity contribution in [2.45, 2.75) is 58.2 Å². The van der Waals surface area contributed by atoms with Crippen LogP contribution in [0.2, 0.25) is 0 Å². The second-order valence-electron chi connectivity index (χ2n) is 8.92. The highest BCUT2D eigenvalue weighted by Gasteiger charge is 2.33. The number of hydrogen-bond donors (Lipinski definition) is 2. The van der Waals surface area contributed by atoms with E-state index in [1.54, 1.807) is 0 Å². The molecule has 4 aromatic rings. The number of nitrogens with one attached hydrogen (secondary N) is 2. The zero-order chi connectivity index (χ0) is 22.8. The topological polar surface area (TPSA) is 59.6 Å². The second-order valence-corrected chi connectivity index (χ2v) is 10.7. The van der Waals surface area contributed by atoms with Crippen LogP contribution in [0.1, 0.15) is 45.1 Å². The van der Waals surface area contributed by atoms with Gasteiger partial charge in [0.15, 0.2) is 0 Å². The lowest BCUT2D eigenvalue weighted by Crippen LogP contribution is -2.48. The Morgan fingerprint density at radius 1 is 0.818 bits per heavy atom. The van der Waals surface area contributed by atoms with Gasteiger partial charge in [-0.05, 0) is 64.6 Å². The minimum atomic E-state index is -3.29. The number of hydrogen-bond acceptors (Lipinski definition) is 4. The normalized spacial score (nSPS) is 19.7. The third kappa shape index (κ3) is 4.53. The summed E-state index contributed by atoms with van der Waals surface area (Å²) in [4.78, 5) is 0. The molecule has 0 spiro atoms. The van der Waals surface area contributed by atoms with Gasteiger partial charge in [-0.1, -0.05) is 67.4 Å². The monoisotopic (exact) mass is 464 g/mol. The van der Waals surface area contributed by atoms with E-state index in [1.165, 1.54) is 44.3 Å². The molecule has 5 nitrogen and oxygen atoms in total. The molecule has 4 aromatic carbocycles. The largest absolute Gasteiger partial charge is 0.405 e. The molecule has 0 saturated heterocycles. The van der Waals surface area contributed by atoms with E-state index in [2.05, 4.69) is 65.0 Å². The fourth-order valence-corrected chi connectivity index (χ4v) is 6.99. The lowest BCUT2D eigenvalue weighted by molar-refractivity contribution is 0.195. The third-order valence-electron chi connectivity index (χ3n) is 6.86. The van der Waals surface area contributed by atoms with E-state index in [0.717, 1.165) is 25.8 Å². The van der Waals surface area contributed by atoms with Crippen LogP contribution in [-0.4, -0.2) is 25.3 Å². The molecule has 0 radical (unpaired) electrons. The number of benzene rings is 4. The molecule has 0 amide bonds. The molecule has 6 heteroatoms. The van der Waals surface area contributed by atoms with Gasteiger partial charge in [-0.25, -0.2) is 9.65 Å². The van der Waals surface area contributed by atoms with Crippen molar-refractivity contribution in [2.75, 3.05) is 13.2 Å². The van der Waals surface area contributed by atoms with Gasteiger partial charge in [0.25, 0.3) is 0 Å². The molecule has 0 bridgehead atoms. The van der Waals surface area contributed by atoms with Crippen molar-refractivity contribution < 1.29 is 13.6 Å². The first-order valence-electron chi connectivity index (χ1n) is 12.2. The van der Waals surface area contributed by atoms with Gasteiger partial charge in [-0.15, -0.1) is 0 Å². The van der Waals surface area contributed by atoms with E-state index in [0.29, 0.717) is 13.2 Å².